The Morgan fingerprint density at radius 2 is 2.38 bits per heavy atom. The van der Waals surface area contributed by atoms with Crippen molar-refractivity contribution in [2.24, 2.45) is 5.92 Å². The third kappa shape index (κ3) is 2.85. The highest BCUT2D eigenvalue weighted by Crippen LogP contribution is 2.32. The maximum atomic E-state index is 10.8. The summed E-state index contributed by atoms with van der Waals surface area (Å²) in [5.74, 6) is 0.0353. The van der Waals surface area contributed by atoms with Gasteiger partial charge in [-0.15, -0.1) is 0 Å². The van der Waals surface area contributed by atoms with Crippen LogP contribution >= 0.6 is 11.6 Å². The maximum absolute atomic E-state index is 10.8. The number of pyridine rings is 1. The Labute approximate surface area is 98.2 Å². The van der Waals surface area contributed by atoms with Crippen molar-refractivity contribution in [2.75, 3.05) is 6.61 Å². The van der Waals surface area contributed by atoms with Crippen LogP contribution in [0.5, 0.6) is 5.88 Å². The van der Waals surface area contributed by atoms with Crippen LogP contribution in [-0.2, 0) is 0 Å². The molecule has 86 valence electrons. The summed E-state index contributed by atoms with van der Waals surface area (Å²) in [6, 6.07) is 1.36. The van der Waals surface area contributed by atoms with E-state index in [2.05, 4.69) is 4.98 Å². The zero-order valence-electron chi connectivity index (χ0n) is 8.65. The minimum absolute atomic E-state index is 0.0260. The van der Waals surface area contributed by atoms with Crippen molar-refractivity contribution >= 4 is 17.6 Å². The van der Waals surface area contributed by atoms with Crippen LogP contribution in [0.15, 0.2) is 12.3 Å². The number of ether oxygens (including phenoxy) is 1. The summed E-state index contributed by atoms with van der Waals surface area (Å²) in [5, 5.41) is 8.97. The number of rotatable bonds is 5. The second kappa shape index (κ2) is 4.70. The van der Waals surface area contributed by atoms with Gasteiger partial charge in [-0.25, -0.2) is 9.78 Å². The molecule has 0 unspecified atom stereocenters. The average Bonchev–Trinajstić information content (AvgIpc) is 3.04. The van der Waals surface area contributed by atoms with Gasteiger partial charge in [0.05, 0.1) is 23.4 Å². The third-order valence-corrected chi connectivity index (χ3v) is 2.83. The molecule has 1 aliphatic carbocycles. The lowest BCUT2D eigenvalue weighted by Crippen LogP contribution is -2.03. The highest BCUT2D eigenvalue weighted by molar-refractivity contribution is 6.33. The molecule has 0 aromatic carbocycles. The Morgan fingerprint density at radius 3 is 3.00 bits per heavy atom. The van der Waals surface area contributed by atoms with Crippen LogP contribution in [0.25, 0.3) is 0 Å². The largest absolute Gasteiger partial charge is 0.478 e. The molecule has 5 heteroatoms. The van der Waals surface area contributed by atoms with E-state index >= 15 is 0 Å². The van der Waals surface area contributed by atoms with Crippen LogP contribution in [0, 0.1) is 5.92 Å². The van der Waals surface area contributed by atoms with Gasteiger partial charge >= 0.3 is 5.97 Å². The molecule has 1 fully saturated rings. The van der Waals surface area contributed by atoms with E-state index in [9.17, 15) is 4.79 Å². The fraction of sp³-hybridized carbons (Fsp3) is 0.455. The zero-order valence-corrected chi connectivity index (χ0v) is 9.41. The Kier molecular flexibility index (Phi) is 3.29. The monoisotopic (exact) mass is 241 g/mol. The summed E-state index contributed by atoms with van der Waals surface area (Å²) in [5.41, 5.74) is 0.0260. The maximum Gasteiger partial charge on any atom is 0.337 e. The van der Waals surface area contributed by atoms with Gasteiger partial charge in [-0.1, -0.05) is 24.4 Å². The van der Waals surface area contributed by atoms with Crippen molar-refractivity contribution in [3.8, 4) is 5.88 Å². The number of carboxylic acids is 1. The molecule has 0 bridgehead atoms. The standard InChI is InChI=1S/C11H12ClNO3/c12-9-6-13-10(5-8(9)11(14)15)16-4-3-7-1-2-7/h5-7H,1-4H2,(H,14,15). The molecule has 4 nitrogen and oxygen atoms in total. The van der Waals surface area contributed by atoms with Gasteiger partial charge in [0.15, 0.2) is 0 Å². The second-order valence-corrected chi connectivity index (χ2v) is 4.30. The van der Waals surface area contributed by atoms with Crippen molar-refractivity contribution < 1.29 is 14.6 Å². The highest BCUT2D eigenvalue weighted by atomic mass is 35.5. The molecule has 0 saturated heterocycles. The van der Waals surface area contributed by atoms with Gasteiger partial charge in [-0.05, 0) is 12.3 Å². The minimum Gasteiger partial charge on any atom is -0.478 e. The van der Waals surface area contributed by atoms with Crippen molar-refractivity contribution in [3.05, 3.63) is 22.8 Å². The van der Waals surface area contributed by atoms with Crippen LogP contribution in [-0.4, -0.2) is 22.7 Å². The number of hydrogen-bond donors (Lipinski definition) is 1. The Hall–Kier alpha value is -1.29. The van der Waals surface area contributed by atoms with Gasteiger partial charge in [0, 0.05) is 6.07 Å². The van der Waals surface area contributed by atoms with Crippen LogP contribution in [0.4, 0.5) is 0 Å². The lowest BCUT2D eigenvalue weighted by molar-refractivity contribution is 0.0696. The van der Waals surface area contributed by atoms with Crippen LogP contribution in [0.2, 0.25) is 5.02 Å². The normalized spacial score (nSPS) is 14.8. The number of aromatic nitrogens is 1. The molecule has 0 aliphatic heterocycles. The van der Waals surface area contributed by atoms with Gasteiger partial charge in [0.2, 0.25) is 5.88 Å². The fourth-order valence-electron chi connectivity index (χ4n) is 1.40. The smallest absolute Gasteiger partial charge is 0.337 e. The van der Waals surface area contributed by atoms with Crippen molar-refractivity contribution in [3.63, 3.8) is 0 Å². The Bertz CT molecular complexity index is 404. The number of halogens is 1. The van der Waals surface area contributed by atoms with E-state index in [1.807, 2.05) is 0 Å². The fourth-order valence-corrected chi connectivity index (χ4v) is 1.58. The average molecular weight is 242 g/mol. The molecular weight excluding hydrogens is 230 g/mol. The Balaban J connectivity index is 1.97. The predicted molar refractivity (Wildman–Crippen MR) is 59.0 cm³/mol. The molecule has 1 heterocycles. The minimum atomic E-state index is -1.07. The molecule has 16 heavy (non-hydrogen) atoms. The van der Waals surface area contributed by atoms with Gasteiger partial charge in [0.1, 0.15) is 0 Å². The molecule has 1 N–H and O–H groups in total. The van der Waals surface area contributed by atoms with Gasteiger partial charge in [-0.2, -0.15) is 0 Å². The number of aromatic carboxylic acids is 1. The Morgan fingerprint density at radius 1 is 1.62 bits per heavy atom. The second-order valence-electron chi connectivity index (χ2n) is 3.89. The van der Waals surface area contributed by atoms with Crippen molar-refractivity contribution in [2.45, 2.75) is 19.3 Å². The van der Waals surface area contributed by atoms with Crippen molar-refractivity contribution in [1.29, 1.82) is 0 Å². The summed E-state index contributed by atoms with van der Waals surface area (Å²) < 4.78 is 5.37. The summed E-state index contributed by atoms with van der Waals surface area (Å²) in [6.45, 7) is 0.582. The molecule has 1 aliphatic rings. The number of carboxylic acid groups (broad SMARTS) is 1. The van der Waals surface area contributed by atoms with Gasteiger partial charge in [-0.3, -0.25) is 0 Å². The molecule has 0 radical (unpaired) electrons. The van der Waals surface area contributed by atoms with E-state index in [-0.39, 0.29) is 10.6 Å². The molecule has 1 aromatic rings. The third-order valence-electron chi connectivity index (χ3n) is 2.53. The molecule has 0 amide bonds. The molecule has 2 rings (SSSR count). The van der Waals surface area contributed by atoms with Crippen LogP contribution < -0.4 is 4.74 Å². The van der Waals surface area contributed by atoms with E-state index in [0.717, 1.165) is 12.3 Å². The number of hydrogen-bond acceptors (Lipinski definition) is 3. The van der Waals surface area contributed by atoms with E-state index in [1.165, 1.54) is 25.1 Å². The van der Waals surface area contributed by atoms with E-state index in [0.29, 0.717) is 12.5 Å². The summed E-state index contributed by atoms with van der Waals surface area (Å²) >= 11 is 5.69. The van der Waals surface area contributed by atoms with Gasteiger partial charge < -0.3 is 9.84 Å². The van der Waals surface area contributed by atoms with Crippen LogP contribution in [0.1, 0.15) is 29.6 Å². The molecule has 0 spiro atoms. The molecule has 1 aromatic heterocycles. The topological polar surface area (TPSA) is 59.4 Å². The molecule has 1 saturated carbocycles. The zero-order chi connectivity index (χ0) is 11.5. The van der Waals surface area contributed by atoms with E-state index in [1.54, 1.807) is 0 Å². The lowest BCUT2D eigenvalue weighted by atomic mass is 10.2. The SMILES string of the molecule is O=C(O)c1cc(OCCC2CC2)ncc1Cl. The van der Waals surface area contributed by atoms with E-state index in [4.69, 9.17) is 21.4 Å². The highest BCUT2D eigenvalue weighted by Gasteiger charge is 2.21. The van der Waals surface area contributed by atoms with Gasteiger partial charge in [0.25, 0.3) is 0 Å². The quantitative estimate of drug-likeness (QED) is 0.861. The first kappa shape index (κ1) is 11.2. The first-order chi connectivity index (χ1) is 7.66. The first-order valence-corrected chi connectivity index (χ1v) is 5.56. The summed E-state index contributed by atoms with van der Waals surface area (Å²) in [4.78, 5) is 14.7. The lowest BCUT2D eigenvalue weighted by Gasteiger charge is -2.05. The number of carbonyl (C=O) groups is 1. The summed E-state index contributed by atoms with van der Waals surface area (Å²) in [7, 11) is 0. The number of nitrogens with zero attached hydrogens (tertiary/aromatic N) is 1. The predicted octanol–water partition coefficient (Wildman–Crippen LogP) is 2.61. The van der Waals surface area contributed by atoms with E-state index < -0.39 is 5.97 Å². The van der Waals surface area contributed by atoms with Crippen LogP contribution in [0.3, 0.4) is 0 Å². The summed E-state index contributed by atoms with van der Waals surface area (Å²) in [6.07, 6.45) is 4.86. The molecular formula is C11H12ClNO3. The van der Waals surface area contributed by atoms with Crippen molar-refractivity contribution in [1.82, 2.24) is 4.98 Å². The molecule has 0 atom stereocenters. The first-order valence-electron chi connectivity index (χ1n) is 5.18.